The van der Waals surface area contributed by atoms with Crippen LogP contribution >= 0.6 is 11.6 Å². The Labute approximate surface area is 125 Å². The second-order valence-corrected chi connectivity index (χ2v) is 6.15. The number of methoxy groups -OCH3 is 1. The van der Waals surface area contributed by atoms with E-state index in [0.29, 0.717) is 22.3 Å². The summed E-state index contributed by atoms with van der Waals surface area (Å²) in [6, 6.07) is 7.57. The monoisotopic (exact) mass is 293 g/mol. The third-order valence-electron chi connectivity index (χ3n) is 4.40. The van der Waals surface area contributed by atoms with Gasteiger partial charge in [-0.15, -0.1) is 0 Å². The lowest BCUT2D eigenvalue weighted by atomic mass is 9.67. The molecule has 4 heteroatoms. The quantitative estimate of drug-likeness (QED) is 0.913. The molecule has 1 aliphatic rings. The average Bonchev–Trinajstić information content (AvgIpc) is 2.47. The molecule has 1 N–H and O–H groups in total. The highest BCUT2D eigenvalue weighted by molar-refractivity contribution is 6.32. The Morgan fingerprint density at radius 2 is 2.10 bits per heavy atom. The zero-order valence-electron chi connectivity index (χ0n) is 11.9. The summed E-state index contributed by atoms with van der Waals surface area (Å²) in [7, 11) is 1.55. The van der Waals surface area contributed by atoms with Gasteiger partial charge in [-0.2, -0.15) is 5.26 Å². The minimum absolute atomic E-state index is 0.460. The molecule has 1 aromatic carbocycles. The van der Waals surface area contributed by atoms with E-state index in [1.165, 1.54) is 0 Å². The second kappa shape index (κ2) is 6.03. The summed E-state index contributed by atoms with van der Waals surface area (Å²) >= 11 is 6.11. The van der Waals surface area contributed by atoms with E-state index < -0.39 is 11.5 Å². The summed E-state index contributed by atoms with van der Waals surface area (Å²) in [5, 5.41) is 20.7. The fraction of sp³-hybridized carbons (Fsp3) is 0.562. The van der Waals surface area contributed by atoms with E-state index in [-0.39, 0.29) is 0 Å². The first-order chi connectivity index (χ1) is 9.52. The van der Waals surface area contributed by atoms with Gasteiger partial charge in [-0.3, -0.25) is 0 Å². The molecular weight excluding hydrogens is 274 g/mol. The maximum absolute atomic E-state index is 10.6. The summed E-state index contributed by atoms with van der Waals surface area (Å²) in [6.07, 6.45) is 2.62. The lowest BCUT2D eigenvalue weighted by Gasteiger charge is -2.37. The minimum atomic E-state index is -0.802. The SMILES string of the molecule is COc1ccc(C(O)C2(C#N)CCC(C)CC2)cc1Cl. The first kappa shape index (κ1) is 15.2. The zero-order valence-corrected chi connectivity index (χ0v) is 12.7. The molecule has 2 rings (SSSR count). The third kappa shape index (κ3) is 2.77. The predicted molar refractivity (Wildman–Crippen MR) is 78.6 cm³/mol. The minimum Gasteiger partial charge on any atom is -0.495 e. The van der Waals surface area contributed by atoms with E-state index >= 15 is 0 Å². The van der Waals surface area contributed by atoms with Gasteiger partial charge in [0.05, 0.1) is 29.7 Å². The van der Waals surface area contributed by atoms with E-state index in [1.807, 2.05) is 0 Å². The summed E-state index contributed by atoms with van der Waals surface area (Å²) in [4.78, 5) is 0. The average molecular weight is 294 g/mol. The molecule has 0 aromatic heterocycles. The van der Waals surface area contributed by atoms with Crippen molar-refractivity contribution in [1.82, 2.24) is 0 Å². The number of nitrogens with zero attached hydrogens (tertiary/aromatic N) is 1. The molecule has 0 radical (unpaired) electrons. The molecule has 1 aliphatic carbocycles. The van der Waals surface area contributed by atoms with Crippen LogP contribution < -0.4 is 4.74 Å². The Hall–Kier alpha value is -1.24. The van der Waals surface area contributed by atoms with Crippen LogP contribution in [-0.2, 0) is 0 Å². The van der Waals surface area contributed by atoms with Gasteiger partial charge >= 0.3 is 0 Å². The van der Waals surface area contributed by atoms with Crippen LogP contribution in [0.3, 0.4) is 0 Å². The fourth-order valence-corrected chi connectivity index (χ4v) is 3.16. The van der Waals surface area contributed by atoms with E-state index in [9.17, 15) is 10.4 Å². The van der Waals surface area contributed by atoms with Gasteiger partial charge in [0.15, 0.2) is 0 Å². The molecule has 0 heterocycles. The highest BCUT2D eigenvalue weighted by atomic mass is 35.5. The number of rotatable bonds is 3. The Morgan fingerprint density at radius 3 is 2.60 bits per heavy atom. The standard InChI is InChI=1S/C16H20ClNO2/c1-11-5-7-16(10-18,8-6-11)15(19)12-3-4-14(20-2)13(17)9-12/h3-4,9,11,15,19H,5-8H2,1-2H3. The van der Waals surface area contributed by atoms with Gasteiger partial charge in [-0.05, 0) is 49.3 Å². The number of ether oxygens (including phenoxy) is 1. The first-order valence-corrected chi connectivity index (χ1v) is 7.33. The van der Waals surface area contributed by atoms with Crippen molar-refractivity contribution in [3.63, 3.8) is 0 Å². The Balaban J connectivity index is 2.27. The van der Waals surface area contributed by atoms with Crippen LogP contribution in [-0.4, -0.2) is 12.2 Å². The molecule has 0 saturated heterocycles. The van der Waals surface area contributed by atoms with Crippen LogP contribution in [0.25, 0.3) is 0 Å². The van der Waals surface area contributed by atoms with Gasteiger partial charge in [-0.1, -0.05) is 24.6 Å². The van der Waals surface area contributed by atoms with Crippen molar-refractivity contribution in [1.29, 1.82) is 5.26 Å². The van der Waals surface area contributed by atoms with Crippen LogP contribution in [0.4, 0.5) is 0 Å². The molecule has 0 bridgehead atoms. The lowest BCUT2D eigenvalue weighted by Crippen LogP contribution is -2.32. The van der Waals surface area contributed by atoms with Crippen molar-refractivity contribution in [2.75, 3.05) is 7.11 Å². The number of hydrogen-bond acceptors (Lipinski definition) is 3. The lowest BCUT2D eigenvalue weighted by molar-refractivity contribution is 0.0266. The Bertz CT molecular complexity index is 516. The summed E-state index contributed by atoms with van der Waals surface area (Å²) < 4.78 is 5.11. The van der Waals surface area contributed by atoms with Crippen LogP contribution in [0.15, 0.2) is 18.2 Å². The van der Waals surface area contributed by atoms with E-state index in [1.54, 1.807) is 25.3 Å². The molecule has 0 aliphatic heterocycles. The summed E-state index contributed by atoms with van der Waals surface area (Å²) in [5.41, 5.74) is -0.00310. The molecule has 3 nitrogen and oxygen atoms in total. The Morgan fingerprint density at radius 1 is 1.45 bits per heavy atom. The maximum Gasteiger partial charge on any atom is 0.137 e. The van der Waals surface area contributed by atoms with E-state index in [0.717, 1.165) is 25.7 Å². The van der Waals surface area contributed by atoms with Gasteiger partial charge in [0.1, 0.15) is 5.75 Å². The normalized spacial score (nSPS) is 27.6. The third-order valence-corrected chi connectivity index (χ3v) is 4.70. The van der Waals surface area contributed by atoms with Gasteiger partial charge in [0, 0.05) is 0 Å². The van der Waals surface area contributed by atoms with Gasteiger partial charge in [0.25, 0.3) is 0 Å². The number of hydrogen-bond donors (Lipinski definition) is 1. The number of halogens is 1. The van der Waals surface area contributed by atoms with Crippen LogP contribution in [0.5, 0.6) is 5.75 Å². The van der Waals surface area contributed by atoms with Crippen molar-refractivity contribution < 1.29 is 9.84 Å². The largest absolute Gasteiger partial charge is 0.495 e. The van der Waals surface area contributed by atoms with Gasteiger partial charge < -0.3 is 9.84 Å². The zero-order chi connectivity index (χ0) is 14.8. The van der Waals surface area contributed by atoms with Crippen LogP contribution in [0, 0.1) is 22.7 Å². The molecule has 1 unspecified atom stereocenters. The molecule has 1 saturated carbocycles. The molecule has 1 aromatic rings. The van der Waals surface area contributed by atoms with Crippen molar-refractivity contribution in [2.45, 2.75) is 38.7 Å². The Kier molecular flexibility index (Phi) is 4.57. The van der Waals surface area contributed by atoms with Crippen molar-refractivity contribution >= 4 is 11.6 Å². The topological polar surface area (TPSA) is 53.2 Å². The molecule has 108 valence electrons. The molecule has 1 atom stereocenters. The van der Waals surface area contributed by atoms with Crippen molar-refractivity contribution in [2.24, 2.45) is 11.3 Å². The maximum atomic E-state index is 10.6. The highest BCUT2D eigenvalue weighted by Gasteiger charge is 2.41. The number of aliphatic hydroxyl groups excluding tert-OH is 1. The van der Waals surface area contributed by atoms with E-state index in [4.69, 9.17) is 16.3 Å². The number of aliphatic hydroxyl groups is 1. The number of benzene rings is 1. The van der Waals surface area contributed by atoms with Gasteiger partial charge in [-0.25, -0.2) is 0 Å². The summed E-state index contributed by atoms with van der Waals surface area (Å²) in [5.74, 6) is 1.20. The molecule has 0 amide bonds. The first-order valence-electron chi connectivity index (χ1n) is 6.95. The van der Waals surface area contributed by atoms with Crippen LogP contribution in [0.1, 0.15) is 44.3 Å². The van der Waals surface area contributed by atoms with Crippen LogP contribution in [0.2, 0.25) is 5.02 Å². The molecular formula is C16H20ClNO2. The molecule has 0 spiro atoms. The molecule has 1 fully saturated rings. The van der Waals surface area contributed by atoms with Crippen molar-refractivity contribution in [3.05, 3.63) is 28.8 Å². The molecule has 20 heavy (non-hydrogen) atoms. The van der Waals surface area contributed by atoms with E-state index in [2.05, 4.69) is 13.0 Å². The highest BCUT2D eigenvalue weighted by Crippen LogP contribution is 2.47. The smallest absolute Gasteiger partial charge is 0.137 e. The second-order valence-electron chi connectivity index (χ2n) is 5.75. The predicted octanol–water partition coefficient (Wildman–Crippen LogP) is 4.10. The fourth-order valence-electron chi connectivity index (χ4n) is 2.90. The summed E-state index contributed by atoms with van der Waals surface area (Å²) in [6.45, 7) is 2.19. The number of nitriles is 1. The van der Waals surface area contributed by atoms with Gasteiger partial charge in [0.2, 0.25) is 0 Å². The van der Waals surface area contributed by atoms with Crippen molar-refractivity contribution in [3.8, 4) is 11.8 Å².